The Hall–Kier alpha value is -2.79. The number of nitrogens with one attached hydrogen (secondary N) is 2. The number of carbonyl (C=O) groups is 1. The fourth-order valence-corrected chi connectivity index (χ4v) is 4.53. The molecule has 0 bridgehead atoms. The Morgan fingerprint density at radius 1 is 1.37 bits per heavy atom. The molecule has 162 valence electrons. The standard InChI is InChI=1S/C19H20F3N3O4S/c1-10(2)14-9-29-17-15(30(27,28)24-14)8-25(4)16(17)18(26)23-12-6-5-11(3)13(7-12)19(20,21)22/h5-8,14,24H,1,9H2,2-4H3,(H,23,26)/t14-/m1/s1. The van der Waals surface area contributed by atoms with Crippen molar-refractivity contribution in [1.82, 2.24) is 9.29 Å². The molecule has 1 aromatic carbocycles. The molecular formula is C19H20F3N3O4S. The van der Waals surface area contributed by atoms with Gasteiger partial charge in [0.05, 0.1) is 11.6 Å². The van der Waals surface area contributed by atoms with Gasteiger partial charge >= 0.3 is 6.18 Å². The lowest BCUT2D eigenvalue weighted by molar-refractivity contribution is -0.138. The largest absolute Gasteiger partial charge is 0.488 e. The third-order valence-electron chi connectivity index (χ3n) is 4.69. The fourth-order valence-electron chi connectivity index (χ4n) is 3.06. The topological polar surface area (TPSA) is 89.4 Å². The van der Waals surface area contributed by atoms with E-state index in [0.29, 0.717) is 5.57 Å². The first-order chi connectivity index (χ1) is 13.8. The van der Waals surface area contributed by atoms with Gasteiger partial charge in [0.2, 0.25) is 10.0 Å². The molecule has 30 heavy (non-hydrogen) atoms. The average Bonchev–Trinajstić information content (AvgIpc) is 2.89. The van der Waals surface area contributed by atoms with E-state index >= 15 is 0 Å². The number of aryl methyl sites for hydroxylation is 2. The van der Waals surface area contributed by atoms with Gasteiger partial charge in [-0.25, -0.2) is 13.1 Å². The zero-order chi connectivity index (χ0) is 22.4. The summed E-state index contributed by atoms with van der Waals surface area (Å²) in [4.78, 5) is 12.6. The smallest absolute Gasteiger partial charge is 0.416 e. The second-order valence-corrected chi connectivity index (χ2v) is 8.78. The number of sulfonamides is 1. The number of hydrogen-bond acceptors (Lipinski definition) is 4. The highest BCUT2D eigenvalue weighted by molar-refractivity contribution is 7.89. The van der Waals surface area contributed by atoms with E-state index in [1.807, 2.05) is 0 Å². The molecule has 0 radical (unpaired) electrons. The van der Waals surface area contributed by atoms with Crippen LogP contribution in [0, 0.1) is 6.92 Å². The number of anilines is 1. The van der Waals surface area contributed by atoms with Crippen molar-refractivity contribution < 1.29 is 31.1 Å². The maximum atomic E-state index is 13.1. The van der Waals surface area contributed by atoms with Gasteiger partial charge < -0.3 is 14.6 Å². The number of alkyl halides is 3. The Kier molecular flexibility index (Phi) is 5.46. The van der Waals surface area contributed by atoms with E-state index in [2.05, 4.69) is 16.6 Å². The minimum Gasteiger partial charge on any atom is -0.488 e. The SMILES string of the molecule is C=C(C)[C@H]1COc2c(cn(C)c2C(=O)Nc2ccc(C)c(C(F)(F)F)c2)S(=O)(=O)N1. The van der Waals surface area contributed by atoms with Gasteiger partial charge in [0.1, 0.15) is 11.5 Å². The van der Waals surface area contributed by atoms with Crippen LogP contribution in [0.1, 0.15) is 28.5 Å². The predicted molar refractivity (Wildman–Crippen MR) is 104 cm³/mol. The van der Waals surface area contributed by atoms with Crippen molar-refractivity contribution in [1.29, 1.82) is 0 Å². The van der Waals surface area contributed by atoms with Crippen LogP contribution in [0.2, 0.25) is 0 Å². The minimum absolute atomic E-state index is 0.0135. The molecule has 0 saturated heterocycles. The van der Waals surface area contributed by atoms with Crippen molar-refractivity contribution >= 4 is 21.6 Å². The Balaban J connectivity index is 1.98. The molecule has 0 saturated carbocycles. The van der Waals surface area contributed by atoms with Crippen LogP contribution >= 0.6 is 0 Å². The molecule has 0 aliphatic carbocycles. The number of halogens is 3. The summed E-state index contributed by atoms with van der Waals surface area (Å²) in [7, 11) is -2.56. The van der Waals surface area contributed by atoms with E-state index in [0.717, 1.165) is 6.07 Å². The number of aromatic nitrogens is 1. The van der Waals surface area contributed by atoms with Crippen LogP contribution < -0.4 is 14.8 Å². The van der Waals surface area contributed by atoms with Gasteiger partial charge in [0.15, 0.2) is 11.4 Å². The maximum absolute atomic E-state index is 13.1. The Labute approximate surface area is 171 Å². The third kappa shape index (κ3) is 4.08. The highest BCUT2D eigenvalue weighted by Gasteiger charge is 2.35. The summed E-state index contributed by atoms with van der Waals surface area (Å²) >= 11 is 0. The lowest BCUT2D eigenvalue weighted by Crippen LogP contribution is -2.37. The number of hydrogen-bond donors (Lipinski definition) is 2. The van der Waals surface area contributed by atoms with Crippen LogP contribution in [0.5, 0.6) is 5.75 Å². The quantitative estimate of drug-likeness (QED) is 0.713. The summed E-state index contributed by atoms with van der Waals surface area (Å²) in [5.74, 6) is -0.978. The average molecular weight is 443 g/mol. The van der Waals surface area contributed by atoms with Gasteiger partial charge in [-0.3, -0.25) is 4.79 Å². The summed E-state index contributed by atoms with van der Waals surface area (Å²) in [5, 5.41) is 2.38. The number of amides is 1. The van der Waals surface area contributed by atoms with E-state index in [1.165, 1.54) is 36.9 Å². The molecule has 1 amide bonds. The molecule has 2 aromatic rings. The fraction of sp³-hybridized carbons (Fsp3) is 0.316. The van der Waals surface area contributed by atoms with E-state index in [4.69, 9.17) is 4.74 Å². The van der Waals surface area contributed by atoms with E-state index < -0.39 is 33.7 Å². The van der Waals surface area contributed by atoms with Gasteiger partial charge in [0, 0.05) is 18.9 Å². The van der Waals surface area contributed by atoms with Crippen molar-refractivity contribution in [3.8, 4) is 5.75 Å². The monoisotopic (exact) mass is 443 g/mol. The first kappa shape index (κ1) is 21.9. The molecule has 7 nitrogen and oxygen atoms in total. The highest BCUT2D eigenvalue weighted by Crippen LogP contribution is 2.35. The summed E-state index contributed by atoms with van der Waals surface area (Å²) in [6.07, 6.45) is -3.36. The van der Waals surface area contributed by atoms with Crippen molar-refractivity contribution in [2.24, 2.45) is 7.05 Å². The van der Waals surface area contributed by atoms with Crippen LogP contribution in [-0.4, -0.2) is 31.5 Å². The van der Waals surface area contributed by atoms with Crippen LogP contribution in [-0.2, 0) is 23.2 Å². The van der Waals surface area contributed by atoms with Crippen LogP contribution in [0.25, 0.3) is 0 Å². The minimum atomic E-state index is -4.58. The number of rotatable bonds is 3. The van der Waals surface area contributed by atoms with Crippen molar-refractivity contribution in [3.63, 3.8) is 0 Å². The van der Waals surface area contributed by atoms with Crippen LogP contribution in [0.3, 0.4) is 0 Å². The molecule has 1 aliphatic rings. The van der Waals surface area contributed by atoms with Crippen molar-refractivity contribution in [2.75, 3.05) is 11.9 Å². The first-order valence-corrected chi connectivity index (χ1v) is 10.3. The number of ether oxygens (including phenoxy) is 1. The van der Waals surface area contributed by atoms with Crippen molar-refractivity contribution in [3.05, 3.63) is 53.4 Å². The van der Waals surface area contributed by atoms with E-state index in [-0.39, 0.29) is 34.2 Å². The molecule has 2 N–H and O–H groups in total. The Morgan fingerprint density at radius 3 is 2.63 bits per heavy atom. The van der Waals surface area contributed by atoms with Gasteiger partial charge in [-0.1, -0.05) is 18.2 Å². The van der Waals surface area contributed by atoms with Crippen LogP contribution in [0.15, 0.2) is 41.4 Å². The molecule has 3 rings (SSSR count). The van der Waals surface area contributed by atoms with E-state index in [1.54, 1.807) is 6.92 Å². The second kappa shape index (κ2) is 7.47. The molecule has 0 unspecified atom stereocenters. The normalized spacial score (nSPS) is 18.1. The summed E-state index contributed by atoms with van der Waals surface area (Å²) < 4.78 is 74.0. The maximum Gasteiger partial charge on any atom is 0.416 e. The molecule has 1 aliphatic heterocycles. The van der Waals surface area contributed by atoms with Crippen molar-refractivity contribution in [2.45, 2.75) is 31.0 Å². The summed E-state index contributed by atoms with van der Waals surface area (Å²) in [6.45, 7) is 6.58. The predicted octanol–water partition coefficient (Wildman–Crippen LogP) is 3.22. The third-order valence-corrected chi connectivity index (χ3v) is 6.16. The summed E-state index contributed by atoms with van der Waals surface area (Å²) in [5.41, 5.74) is -0.550. The molecule has 11 heteroatoms. The number of nitrogens with zero attached hydrogens (tertiary/aromatic N) is 1. The van der Waals surface area contributed by atoms with Gasteiger partial charge in [-0.05, 0) is 31.5 Å². The Bertz CT molecular complexity index is 1140. The van der Waals surface area contributed by atoms with Crippen LogP contribution in [0.4, 0.5) is 18.9 Å². The lowest BCUT2D eigenvalue weighted by atomic mass is 10.1. The molecule has 0 fully saturated rings. The molecular weight excluding hydrogens is 423 g/mol. The van der Waals surface area contributed by atoms with E-state index in [9.17, 15) is 26.4 Å². The van der Waals surface area contributed by atoms with Gasteiger partial charge in [0.25, 0.3) is 5.91 Å². The zero-order valence-electron chi connectivity index (χ0n) is 16.4. The zero-order valence-corrected chi connectivity index (χ0v) is 17.2. The van der Waals surface area contributed by atoms with Gasteiger partial charge in [-0.15, -0.1) is 0 Å². The Morgan fingerprint density at radius 2 is 2.03 bits per heavy atom. The number of benzene rings is 1. The lowest BCUT2D eigenvalue weighted by Gasteiger charge is -2.15. The number of carbonyl (C=O) groups excluding carboxylic acids is 1. The first-order valence-electron chi connectivity index (χ1n) is 8.80. The molecule has 2 heterocycles. The highest BCUT2D eigenvalue weighted by atomic mass is 32.2. The summed E-state index contributed by atoms with van der Waals surface area (Å²) in [6, 6.07) is 2.72. The second-order valence-electron chi connectivity index (χ2n) is 7.09. The molecule has 0 spiro atoms. The molecule has 1 aromatic heterocycles. The number of fused-ring (bicyclic) bond motifs is 1. The molecule has 1 atom stereocenters. The van der Waals surface area contributed by atoms with Gasteiger partial charge in [-0.2, -0.15) is 13.2 Å².